The molecule has 1 aliphatic carbocycles. The zero-order valence-corrected chi connectivity index (χ0v) is 12.0. The van der Waals surface area contributed by atoms with Crippen molar-refractivity contribution in [3.05, 3.63) is 71.2 Å². The standard InChI is InChI=1S/C16H15N3O3/c1-21-14-9-12(7-8-13(14)20)15-16(17)22-18-19(15)10-11-5-3-2-4-6-11/h2-9,17-18H,10H2,1H3. The molecule has 0 saturated carbocycles. The van der Waals surface area contributed by atoms with E-state index in [1.165, 1.54) is 13.2 Å². The van der Waals surface area contributed by atoms with E-state index in [9.17, 15) is 4.79 Å². The van der Waals surface area contributed by atoms with E-state index < -0.39 is 0 Å². The van der Waals surface area contributed by atoms with E-state index >= 15 is 0 Å². The van der Waals surface area contributed by atoms with Crippen LogP contribution in [0.1, 0.15) is 5.56 Å². The van der Waals surface area contributed by atoms with E-state index in [0.717, 1.165) is 5.56 Å². The molecule has 22 heavy (non-hydrogen) atoms. The summed E-state index contributed by atoms with van der Waals surface area (Å²) in [6.45, 7) is 0.528. The number of allylic oxidation sites excluding steroid dienone is 4. The van der Waals surface area contributed by atoms with Crippen LogP contribution in [0.5, 0.6) is 0 Å². The van der Waals surface area contributed by atoms with E-state index in [1.54, 1.807) is 17.2 Å². The quantitative estimate of drug-likeness (QED) is 0.890. The number of hydrogen-bond acceptors (Lipinski definition) is 6. The van der Waals surface area contributed by atoms with Crippen molar-refractivity contribution >= 4 is 11.7 Å². The van der Waals surface area contributed by atoms with Crippen molar-refractivity contribution in [3.63, 3.8) is 0 Å². The fourth-order valence-electron chi connectivity index (χ4n) is 2.30. The van der Waals surface area contributed by atoms with Crippen LogP contribution in [0.15, 0.2) is 65.6 Å². The van der Waals surface area contributed by atoms with Crippen LogP contribution in [-0.4, -0.2) is 23.8 Å². The third kappa shape index (κ3) is 2.64. The van der Waals surface area contributed by atoms with Crippen molar-refractivity contribution in [3.8, 4) is 0 Å². The number of ether oxygens (including phenoxy) is 1. The van der Waals surface area contributed by atoms with Gasteiger partial charge >= 0.3 is 0 Å². The van der Waals surface area contributed by atoms with Gasteiger partial charge in [-0.15, -0.1) is 0 Å². The van der Waals surface area contributed by atoms with Gasteiger partial charge in [-0.05, 0) is 23.8 Å². The van der Waals surface area contributed by atoms with Crippen molar-refractivity contribution in [1.82, 2.24) is 10.6 Å². The molecule has 0 atom stereocenters. The summed E-state index contributed by atoms with van der Waals surface area (Å²) in [5.41, 5.74) is 5.02. The molecular weight excluding hydrogens is 282 g/mol. The minimum atomic E-state index is -0.195. The molecule has 112 valence electrons. The highest BCUT2D eigenvalue weighted by atomic mass is 16.7. The van der Waals surface area contributed by atoms with Gasteiger partial charge in [-0.3, -0.25) is 15.2 Å². The zero-order valence-electron chi connectivity index (χ0n) is 12.0. The molecule has 0 aromatic heterocycles. The molecule has 1 aliphatic heterocycles. The minimum absolute atomic E-state index is 0.00312. The predicted molar refractivity (Wildman–Crippen MR) is 80.2 cm³/mol. The van der Waals surface area contributed by atoms with E-state index in [1.807, 2.05) is 30.3 Å². The van der Waals surface area contributed by atoms with Crippen molar-refractivity contribution in [2.75, 3.05) is 7.11 Å². The van der Waals surface area contributed by atoms with Crippen molar-refractivity contribution in [1.29, 1.82) is 5.41 Å². The highest BCUT2D eigenvalue weighted by Gasteiger charge is 2.28. The summed E-state index contributed by atoms with van der Waals surface area (Å²) in [4.78, 5) is 16.7. The summed E-state index contributed by atoms with van der Waals surface area (Å²) in [6.07, 6.45) is 4.69. The maximum absolute atomic E-state index is 11.6. The Bertz CT molecular complexity index is 705. The first-order valence-corrected chi connectivity index (χ1v) is 6.74. The van der Waals surface area contributed by atoms with Crippen LogP contribution in [0.3, 0.4) is 0 Å². The van der Waals surface area contributed by atoms with Crippen molar-refractivity contribution < 1.29 is 14.4 Å². The zero-order chi connectivity index (χ0) is 15.5. The largest absolute Gasteiger partial charge is 0.493 e. The molecule has 1 saturated heterocycles. The van der Waals surface area contributed by atoms with E-state index in [2.05, 4.69) is 5.59 Å². The number of nitrogens with zero attached hydrogens (tertiary/aromatic N) is 1. The number of rotatable bonds is 3. The number of nitrogens with one attached hydrogen (secondary N) is 2. The Morgan fingerprint density at radius 3 is 2.77 bits per heavy atom. The second kappa shape index (κ2) is 5.87. The lowest BCUT2D eigenvalue weighted by Crippen LogP contribution is -2.29. The Morgan fingerprint density at radius 2 is 2.05 bits per heavy atom. The van der Waals surface area contributed by atoms with E-state index in [-0.39, 0.29) is 17.4 Å². The summed E-state index contributed by atoms with van der Waals surface area (Å²) >= 11 is 0. The van der Waals surface area contributed by atoms with Gasteiger partial charge in [0.1, 0.15) is 5.70 Å². The summed E-state index contributed by atoms with van der Waals surface area (Å²) in [6, 6.07) is 9.83. The minimum Gasteiger partial charge on any atom is -0.493 e. The smallest absolute Gasteiger partial charge is 0.258 e. The predicted octanol–water partition coefficient (Wildman–Crippen LogP) is 1.84. The molecule has 0 unspecified atom stereocenters. The van der Waals surface area contributed by atoms with Crippen molar-refractivity contribution in [2.45, 2.75) is 6.54 Å². The molecule has 0 bridgehead atoms. The highest BCUT2D eigenvalue weighted by Crippen LogP contribution is 2.24. The third-order valence-electron chi connectivity index (χ3n) is 3.36. The molecule has 1 aromatic carbocycles. The van der Waals surface area contributed by atoms with Crippen molar-refractivity contribution in [2.24, 2.45) is 0 Å². The molecule has 6 heteroatoms. The number of hydrazine groups is 1. The molecule has 2 N–H and O–H groups in total. The number of carbonyl (C=O) groups excluding carboxylic acids is 1. The Labute approximate surface area is 127 Å². The number of ketones is 1. The van der Waals surface area contributed by atoms with Crippen LogP contribution in [0.2, 0.25) is 0 Å². The lowest BCUT2D eigenvalue weighted by Gasteiger charge is -2.18. The monoisotopic (exact) mass is 297 g/mol. The molecule has 6 nitrogen and oxygen atoms in total. The van der Waals surface area contributed by atoms with E-state index in [0.29, 0.717) is 17.8 Å². The molecule has 3 rings (SSSR count). The number of benzene rings is 1. The SMILES string of the molecule is COC1=CC(=C2C(=N)ONN2Cc2ccccc2)C=CC1=O. The fourth-order valence-corrected chi connectivity index (χ4v) is 2.30. The van der Waals surface area contributed by atoms with Gasteiger partial charge in [-0.1, -0.05) is 35.9 Å². The van der Waals surface area contributed by atoms with Gasteiger partial charge in [-0.2, -0.15) is 0 Å². The summed E-state index contributed by atoms with van der Waals surface area (Å²) in [5.74, 6) is 0.0425. The van der Waals surface area contributed by atoms with Crippen LogP contribution in [0, 0.1) is 5.41 Å². The maximum Gasteiger partial charge on any atom is 0.258 e. The van der Waals surface area contributed by atoms with Crippen LogP contribution in [0.4, 0.5) is 0 Å². The van der Waals surface area contributed by atoms with Gasteiger partial charge < -0.3 is 9.57 Å². The molecule has 2 aliphatic rings. The first-order valence-electron chi connectivity index (χ1n) is 6.74. The summed E-state index contributed by atoms with van der Waals surface area (Å²) in [5, 5.41) is 9.66. The number of hydrogen-bond donors (Lipinski definition) is 2. The van der Waals surface area contributed by atoms with Crippen LogP contribution in [-0.2, 0) is 20.9 Å². The maximum atomic E-state index is 11.6. The first-order chi connectivity index (χ1) is 10.7. The lowest BCUT2D eigenvalue weighted by atomic mass is 10.0. The van der Waals surface area contributed by atoms with Gasteiger partial charge in [-0.25, -0.2) is 0 Å². The molecule has 0 radical (unpaired) electrons. The molecule has 1 aromatic rings. The Kier molecular flexibility index (Phi) is 3.76. The lowest BCUT2D eigenvalue weighted by molar-refractivity contribution is -0.114. The molecule has 1 heterocycles. The topological polar surface area (TPSA) is 74.7 Å². The molecule has 0 spiro atoms. The Hall–Kier alpha value is -2.86. The van der Waals surface area contributed by atoms with Gasteiger partial charge in [0.2, 0.25) is 5.78 Å². The number of methoxy groups -OCH3 is 1. The first kappa shape index (κ1) is 14.1. The van der Waals surface area contributed by atoms with Gasteiger partial charge in [0.05, 0.1) is 13.7 Å². The molecular formula is C16H15N3O3. The Balaban J connectivity index is 1.94. The Morgan fingerprint density at radius 1 is 1.27 bits per heavy atom. The second-order valence-corrected chi connectivity index (χ2v) is 4.81. The normalized spacial score (nSPS) is 21.0. The summed E-state index contributed by atoms with van der Waals surface area (Å²) < 4.78 is 5.06. The molecule has 1 fully saturated rings. The fraction of sp³-hybridized carbons (Fsp3) is 0.125. The second-order valence-electron chi connectivity index (χ2n) is 4.81. The third-order valence-corrected chi connectivity index (χ3v) is 3.36. The van der Waals surface area contributed by atoms with Crippen LogP contribution < -0.4 is 5.59 Å². The average Bonchev–Trinajstić information content (AvgIpc) is 2.90. The average molecular weight is 297 g/mol. The van der Waals surface area contributed by atoms with Crippen LogP contribution in [0.25, 0.3) is 0 Å². The summed E-state index contributed by atoms with van der Waals surface area (Å²) in [7, 11) is 1.45. The van der Waals surface area contributed by atoms with Crippen LogP contribution >= 0.6 is 0 Å². The van der Waals surface area contributed by atoms with Gasteiger partial charge in [0, 0.05) is 5.57 Å². The highest BCUT2D eigenvalue weighted by molar-refractivity contribution is 6.05. The van der Waals surface area contributed by atoms with Gasteiger partial charge in [0.25, 0.3) is 5.90 Å². The molecule has 0 amide bonds. The number of carbonyl (C=O) groups is 1. The van der Waals surface area contributed by atoms with Gasteiger partial charge in [0.15, 0.2) is 5.76 Å². The van der Waals surface area contributed by atoms with E-state index in [4.69, 9.17) is 15.0 Å².